The molecule has 2 nitrogen and oxygen atoms in total. The van der Waals surface area contributed by atoms with Crippen LogP contribution < -0.4 is 0 Å². The number of rotatable bonds is 2. The maximum atomic E-state index is 9.37. The molecule has 0 bridgehead atoms. The van der Waals surface area contributed by atoms with E-state index in [1.807, 2.05) is 6.08 Å². The van der Waals surface area contributed by atoms with Crippen LogP contribution in [0.2, 0.25) is 0 Å². The highest BCUT2D eigenvalue weighted by Crippen LogP contribution is 1.67. The van der Waals surface area contributed by atoms with Gasteiger partial charge in [-0.1, -0.05) is 19.9 Å². The third kappa shape index (κ3) is 40.1. The summed E-state index contributed by atoms with van der Waals surface area (Å²) < 4.78 is 0. The highest BCUT2D eigenvalue weighted by atomic mass is 16.4. The summed E-state index contributed by atoms with van der Waals surface area (Å²) in [5.41, 5.74) is 0. The van der Waals surface area contributed by atoms with Crippen LogP contribution in [0, 0.1) is 0 Å². The summed E-state index contributed by atoms with van der Waals surface area (Å²) in [5, 5.41) is 7.72. The van der Waals surface area contributed by atoms with Gasteiger partial charge < -0.3 is 5.11 Å². The second kappa shape index (κ2) is 10.2. The van der Waals surface area contributed by atoms with Gasteiger partial charge in [0, 0.05) is 6.42 Å². The van der Waals surface area contributed by atoms with Gasteiger partial charge in [-0.15, -0.1) is 6.58 Å². The lowest BCUT2D eigenvalue weighted by atomic mass is 10.5. The quantitative estimate of drug-likeness (QED) is 0.581. The maximum absolute atomic E-state index is 9.37. The van der Waals surface area contributed by atoms with E-state index in [2.05, 4.69) is 13.5 Å². The molecule has 0 aromatic heterocycles. The van der Waals surface area contributed by atoms with Gasteiger partial charge in [-0.05, 0) is 6.42 Å². The van der Waals surface area contributed by atoms with Crippen molar-refractivity contribution in [2.45, 2.75) is 26.7 Å². The second-order valence-corrected chi connectivity index (χ2v) is 1.44. The van der Waals surface area contributed by atoms with Crippen LogP contribution in [0.25, 0.3) is 0 Å². The van der Waals surface area contributed by atoms with Gasteiger partial charge in [0.1, 0.15) is 0 Å². The van der Waals surface area contributed by atoms with E-state index in [0.29, 0.717) is 0 Å². The van der Waals surface area contributed by atoms with E-state index in [1.165, 1.54) is 0 Å². The zero-order valence-electron chi connectivity index (χ0n) is 6.05. The van der Waals surface area contributed by atoms with E-state index >= 15 is 0 Å². The normalized spacial score (nSPS) is 6.89. The third-order valence-electron chi connectivity index (χ3n) is 0.591. The van der Waals surface area contributed by atoms with E-state index in [0.717, 1.165) is 6.42 Å². The molecule has 0 aliphatic heterocycles. The molecule has 0 aliphatic carbocycles. The first-order chi connectivity index (χ1) is 4.18. The number of carboxylic acid groups (broad SMARTS) is 1. The summed E-state index contributed by atoms with van der Waals surface area (Å²) in [5.74, 6) is -0.745. The first kappa shape index (κ1) is 11.1. The lowest BCUT2D eigenvalue weighted by Gasteiger charge is -1.71. The summed E-state index contributed by atoms with van der Waals surface area (Å²) in [6.07, 6.45) is 3.18. The molecule has 0 rings (SSSR count). The van der Waals surface area contributed by atoms with Crippen molar-refractivity contribution < 1.29 is 9.90 Å². The number of carboxylic acids is 1. The van der Waals surface area contributed by atoms with Crippen LogP contribution in [0.4, 0.5) is 0 Å². The molecule has 0 fully saturated rings. The van der Waals surface area contributed by atoms with Crippen LogP contribution in [0.15, 0.2) is 12.7 Å². The lowest BCUT2D eigenvalue weighted by molar-refractivity contribution is -0.136. The Hall–Kier alpha value is -0.790. The van der Waals surface area contributed by atoms with Gasteiger partial charge in [0.05, 0.1) is 0 Å². The molecule has 0 amide bonds. The molecule has 0 unspecified atom stereocenters. The van der Waals surface area contributed by atoms with Gasteiger partial charge in [0.25, 0.3) is 0 Å². The van der Waals surface area contributed by atoms with Crippen LogP contribution >= 0.6 is 0 Å². The van der Waals surface area contributed by atoms with Crippen LogP contribution in [0.5, 0.6) is 0 Å². The van der Waals surface area contributed by atoms with Crippen molar-refractivity contribution >= 4 is 5.97 Å². The Kier molecular flexibility index (Phi) is 12.6. The zero-order valence-corrected chi connectivity index (χ0v) is 6.05. The van der Waals surface area contributed by atoms with Crippen molar-refractivity contribution in [2.24, 2.45) is 0 Å². The third-order valence-corrected chi connectivity index (χ3v) is 0.591. The maximum Gasteiger partial charge on any atom is 0.303 e. The Morgan fingerprint density at radius 1 is 1.67 bits per heavy atom. The Morgan fingerprint density at radius 2 is 1.89 bits per heavy atom. The molecule has 9 heavy (non-hydrogen) atoms. The first-order valence-corrected chi connectivity index (χ1v) is 3.01. The SMILES string of the molecule is C=CCC.CCC(=O)O. The van der Waals surface area contributed by atoms with E-state index < -0.39 is 5.97 Å². The molecular formula is C7H14O2. The van der Waals surface area contributed by atoms with E-state index in [4.69, 9.17) is 5.11 Å². The summed E-state index contributed by atoms with van der Waals surface area (Å²) in [4.78, 5) is 9.37. The molecule has 0 saturated heterocycles. The number of carbonyl (C=O) groups is 1. The predicted molar refractivity (Wildman–Crippen MR) is 38.4 cm³/mol. The van der Waals surface area contributed by atoms with Crippen molar-refractivity contribution in [3.8, 4) is 0 Å². The molecule has 0 atom stereocenters. The minimum Gasteiger partial charge on any atom is -0.481 e. The highest BCUT2D eigenvalue weighted by Gasteiger charge is 1.80. The number of hydrogen-bond acceptors (Lipinski definition) is 1. The van der Waals surface area contributed by atoms with Crippen LogP contribution in [-0.4, -0.2) is 11.1 Å². The van der Waals surface area contributed by atoms with Gasteiger partial charge in [-0.3, -0.25) is 4.79 Å². The predicted octanol–water partition coefficient (Wildman–Crippen LogP) is 2.06. The topological polar surface area (TPSA) is 37.3 Å². The fourth-order valence-electron chi connectivity index (χ4n) is 0. The first-order valence-electron chi connectivity index (χ1n) is 3.01. The largest absolute Gasteiger partial charge is 0.481 e. The fourth-order valence-corrected chi connectivity index (χ4v) is 0. The average molecular weight is 130 g/mol. The molecule has 0 aromatic carbocycles. The molecule has 54 valence electrons. The standard InChI is InChI=1S/C4H8.C3H6O2/c1-3-4-2;1-2-3(4)5/h3H,1,4H2,2H3;2H2,1H3,(H,4,5). The lowest BCUT2D eigenvalue weighted by Crippen LogP contribution is -1.86. The summed E-state index contributed by atoms with van der Waals surface area (Å²) in [6, 6.07) is 0. The number of hydrogen-bond donors (Lipinski definition) is 1. The van der Waals surface area contributed by atoms with Crippen LogP contribution in [0.3, 0.4) is 0 Å². The van der Waals surface area contributed by atoms with Crippen molar-refractivity contribution in [2.75, 3.05) is 0 Å². The van der Waals surface area contributed by atoms with Gasteiger partial charge in [0.2, 0.25) is 0 Å². The number of aliphatic carboxylic acids is 1. The average Bonchev–Trinajstić information content (AvgIpc) is 1.89. The second-order valence-electron chi connectivity index (χ2n) is 1.44. The summed E-state index contributed by atoms with van der Waals surface area (Å²) in [6.45, 7) is 7.14. The minimum absolute atomic E-state index is 0.222. The van der Waals surface area contributed by atoms with Crippen molar-refractivity contribution in [3.63, 3.8) is 0 Å². The Morgan fingerprint density at radius 3 is 1.89 bits per heavy atom. The molecule has 0 radical (unpaired) electrons. The molecule has 0 saturated carbocycles. The Labute approximate surface area is 56.2 Å². The summed E-state index contributed by atoms with van der Waals surface area (Å²) >= 11 is 0. The summed E-state index contributed by atoms with van der Waals surface area (Å²) in [7, 11) is 0. The molecule has 1 N–H and O–H groups in total. The Bertz CT molecular complexity index is 77.0. The van der Waals surface area contributed by atoms with Crippen LogP contribution in [-0.2, 0) is 4.79 Å². The van der Waals surface area contributed by atoms with Crippen LogP contribution in [0.1, 0.15) is 26.7 Å². The molecule has 0 aromatic rings. The van der Waals surface area contributed by atoms with Crippen molar-refractivity contribution in [1.82, 2.24) is 0 Å². The van der Waals surface area contributed by atoms with E-state index in [1.54, 1.807) is 6.92 Å². The van der Waals surface area contributed by atoms with Gasteiger partial charge in [-0.25, -0.2) is 0 Å². The zero-order chi connectivity index (χ0) is 7.70. The monoisotopic (exact) mass is 130 g/mol. The molecule has 0 aliphatic rings. The van der Waals surface area contributed by atoms with E-state index in [-0.39, 0.29) is 6.42 Å². The molecule has 0 heterocycles. The van der Waals surface area contributed by atoms with Crippen molar-refractivity contribution in [3.05, 3.63) is 12.7 Å². The molecular weight excluding hydrogens is 116 g/mol. The van der Waals surface area contributed by atoms with Crippen molar-refractivity contribution in [1.29, 1.82) is 0 Å². The molecule has 2 heteroatoms. The number of allylic oxidation sites excluding steroid dienone is 1. The Balaban J connectivity index is 0. The van der Waals surface area contributed by atoms with Gasteiger partial charge in [0.15, 0.2) is 0 Å². The van der Waals surface area contributed by atoms with Gasteiger partial charge >= 0.3 is 5.97 Å². The minimum atomic E-state index is -0.745. The highest BCUT2D eigenvalue weighted by molar-refractivity contribution is 5.66. The smallest absolute Gasteiger partial charge is 0.303 e. The molecule has 0 spiro atoms. The van der Waals surface area contributed by atoms with Gasteiger partial charge in [-0.2, -0.15) is 0 Å². The fraction of sp³-hybridized carbons (Fsp3) is 0.571. The van der Waals surface area contributed by atoms with E-state index in [9.17, 15) is 4.79 Å².